The van der Waals surface area contributed by atoms with Crippen molar-refractivity contribution in [1.82, 2.24) is 20.0 Å². The number of rotatable bonds is 9. The molecule has 2 aliphatic heterocycles. The van der Waals surface area contributed by atoms with Gasteiger partial charge in [0.25, 0.3) is 0 Å². The van der Waals surface area contributed by atoms with Crippen LogP contribution in [-0.2, 0) is 17.8 Å². The molecule has 0 unspecified atom stereocenters. The molecule has 2 saturated heterocycles. The third-order valence-electron chi connectivity index (χ3n) is 5.83. The zero-order chi connectivity index (χ0) is 20.3. The van der Waals surface area contributed by atoms with Crippen molar-refractivity contribution in [2.45, 2.75) is 26.4 Å². The highest BCUT2D eigenvalue weighted by atomic mass is 16.5. The van der Waals surface area contributed by atoms with Gasteiger partial charge in [0.15, 0.2) is 5.96 Å². The number of hydrogen-bond donors (Lipinski definition) is 2. The van der Waals surface area contributed by atoms with Crippen molar-refractivity contribution >= 4 is 5.96 Å². The molecule has 0 aliphatic carbocycles. The molecule has 2 aliphatic rings. The Labute approximate surface area is 175 Å². The molecule has 2 fully saturated rings. The molecule has 0 aromatic heterocycles. The van der Waals surface area contributed by atoms with Crippen LogP contribution in [0.15, 0.2) is 29.3 Å². The largest absolute Gasteiger partial charge is 0.379 e. The summed E-state index contributed by atoms with van der Waals surface area (Å²) >= 11 is 0. The first-order valence-electron chi connectivity index (χ1n) is 11.1. The Kier molecular flexibility index (Phi) is 9.21. The van der Waals surface area contributed by atoms with Gasteiger partial charge in [-0.15, -0.1) is 0 Å². The summed E-state index contributed by atoms with van der Waals surface area (Å²) in [5, 5.41) is 3.23. The van der Waals surface area contributed by atoms with Crippen LogP contribution >= 0.6 is 0 Å². The van der Waals surface area contributed by atoms with Crippen LogP contribution in [0.4, 0.5) is 0 Å². The number of piperazine rings is 1. The predicted octanol–water partition coefficient (Wildman–Crippen LogP) is 0.951. The fourth-order valence-electron chi connectivity index (χ4n) is 3.85. The van der Waals surface area contributed by atoms with E-state index in [0.717, 1.165) is 72.0 Å². The average molecular weight is 403 g/mol. The number of likely N-dealkylation sites (N-methyl/N-ethyl adjacent to an activating group) is 1. The lowest BCUT2D eigenvalue weighted by molar-refractivity contribution is 0.0376. The molecule has 29 heavy (non-hydrogen) atoms. The number of ether oxygens (including phenoxy) is 1. The predicted molar refractivity (Wildman–Crippen MR) is 119 cm³/mol. The van der Waals surface area contributed by atoms with E-state index in [1.807, 2.05) is 0 Å². The molecule has 0 saturated carbocycles. The average Bonchev–Trinajstić information content (AvgIpc) is 2.77. The van der Waals surface area contributed by atoms with Crippen LogP contribution in [0.1, 0.15) is 24.5 Å². The summed E-state index contributed by atoms with van der Waals surface area (Å²) in [7, 11) is 0. The molecule has 3 N–H and O–H groups in total. The quantitative estimate of drug-likeness (QED) is 0.364. The van der Waals surface area contributed by atoms with Crippen LogP contribution in [0.5, 0.6) is 0 Å². The van der Waals surface area contributed by atoms with Crippen molar-refractivity contribution in [2.24, 2.45) is 10.7 Å². The summed E-state index contributed by atoms with van der Waals surface area (Å²) in [4.78, 5) is 12.0. The number of nitrogens with two attached hydrogens (primary N) is 1. The summed E-state index contributed by atoms with van der Waals surface area (Å²) < 4.78 is 5.37. The Balaban J connectivity index is 1.32. The van der Waals surface area contributed by atoms with Gasteiger partial charge in [0.1, 0.15) is 0 Å². The number of morpholine rings is 1. The fourth-order valence-corrected chi connectivity index (χ4v) is 3.85. The second-order valence-corrected chi connectivity index (χ2v) is 7.96. The lowest BCUT2D eigenvalue weighted by Gasteiger charge is -2.34. The number of nitrogens with zero attached hydrogens (tertiary/aromatic N) is 4. The second kappa shape index (κ2) is 12.1. The van der Waals surface area contributed by atoms with Gasteiger partial charge in [0.2, 0.25) is 0 Å². The van der Waals surface area contributed by atoms with Gasteiger partial charge in [-0.25, -0.2) is 4.99 Å². The Hall–Kier alpha value is -1.67. The smallest absolute Gasteiger partial charge is 0.188 e. The Bertz CT molecular complexity index is 606. The van der Waals surface area contributed by atoms with E-state index in [0.29, 0.717) is 12.5 Å². The van der Waals surface area contributed by atoms with Gasteiger partial charge in [-0.2, -0.15) is 0 Å². The fraction of sp³-hybridized carbons (Fsp3) is 0.682. The SMILES string of the molecule is CCN1CCN(Cc2ccc(CN=C(N)NCCCN3CCOCC3)cc2)CC1. The van der Waals surface area contributed by atoms with E-state index in [1.165, 1.54) is 24.2 Å². The van der Waals surface area contributed by atoms with Crippen molar-refractivity contribution in [1.29, 1.82) is 0 Å². The molecule has 0 atom stereocenters. The molecular weight excluding hydrogens is 364 g/mol. The maximum Gasteiger partial charge on any atom is 0.188 e. The van der Waals surface area contributed by atoms with Gasteiger partial charge in [0, 0.05) is 52.4 Å². The summed E-state index contributed by atoms with van der Waals surface area (Å²) in [6, 6.07) is 8.80. The highest BCUT2D eigenvalue weighted by molar-refractivity contribution is 5.77. The van der Waals surface area contributed by atoms with Gasteiger partial charge in [-0.05, 0) is 30.6 Å². The Morgan fingerprint density at radius 1 is 0.966 bits per heavy atom. The summed E-state index contributed by atoms with van der Waals surface area (Å²) in [6.45, 7) is 15.5. The highest BCUT2D eigenvalue weighted by Gasteiger charge is 2.15. The Morgan fingerprint density at radius 2 is 1.62 bits per heavy atom. The van der Waals surface area contributed by atoms with Gasteiger partial charge in [0.05, 0.1) is 19.8 Å². The molecule has 3 rings (SSSR count). The monoisotopic (exact) mass is 402 g/mol. The van der Waals surface area contributed by atoms with Crippen molar-refractivity contribution in [2.75, 3.05) is 72.1 Å². The van der Waals surface area contributed by atoms with Crippen LogP contribution < -0.4 is 11.1 Å². The summed E-state index contributed by atoms with van der Waals surface area (Å²) in [6.07, 6.45) is 1.07. The molecule has 1 aromatic carbocycles. The van der Waals surface area contributed by atoms with Crippen LogP contribution in [0.2, 0.25) is 0 Å². The first-order chi connectivity index (χ1) is 14.2. The number of nitrogens with one attached hydrogen (secondary N) is 1. The van der Waals surface area contributed by atoms with E-state index >= 15 is 0 Å². The second-order valence-electron chi connectivity index (χ2n) is 7.96. The number of benzene rings is 1. The molecule has 0 spiro atoms. The molecule has 162 valence electrons. The zero-order valence-corrected chi connectivity index (χ0v) is 18.0. The van der Waals surface area contributed by atoms with Crippen molar-refractivity contribution in [3.8, 4) is 0 Å². The van der Waals surface area contributed by atoms with Gasteiger partial charge in [-0.1, -0.05) is 31.2 Å². The molecule has 0 radical (unpaired) electrons. The topological polar surface area (TPSA) is 69.4 Å². The maximum absolute atomic E-state index is 6.01. The molecule has 7 heteroatoms. The van der Waals surface area contributed by atoms with Crippen LogP contribution in [-0.4, -0.2) is 92.8 Å². The van der Waals surface area contributed by atoms with E-state index < -0.39 is 0 Å². The van der Waals surface area contributed by atoms with Crippen LogP contribution in [0.25, 0.3) is 0 Å². The maximum atomic E-state index is 6.01. The van der Waals surface area contributed by atoms with E-state index in [9.17, 15) is 0 Å². The first-order valence-corrected chi connectivity index (χ1v) is 11.1. The lowest BCUT2D eigenvalue weighted by atomic mass is 10.1. The van der Waals surface area contributed by atoms with Crippen LogP contribution in [0.3, 0.4) is 0 Å². The van der Waals surface area contributed by atoms with Crippen molar-refractivity contribution in [3.63, 3.8) is 0 Å². The molecule has 0 bridgehead atoms. The van der Waals surface area contributed by atoms with Crippen molar-refractivity contribution < 1.29 is 4.74 Å². The number of aliphatic imine (C=N–C) groups is 1. The highest BCUT2D eigenvalue weighted by Crippen LogP contribution is 2.11. The minimum absolute atomic E-state index is 0.532. The lowest BCUT2D eigenvalue weighted by Crippen LogP contribution is -2.45. The summed E-state index contributed by atoms with van der Waals surface area (Å²) in [5.41, 5.74) is 8.58. The minimum Gasteiger partial charge on any atom is -0.379 e. The van der Waals surface area contributed by atoms with E-state index in [4.69, 9.17) is 10.5 Å². The van der Waals surface area contributed by atoms with E-state index in [-0.39, 0.29) is 0 Å². The standard InChI is InChI=1S/C22H38N6O/c1-2-26-10-12-28(13-11-26)19-21-6-4-20(5-7-21)18-25-22(23)24-8-3-9-27-14-16-29-17-15-27/h4-7H,2-3,8-19H2,1H3,(H3,23,24,25). The molecule has 7 nitrogen and oxygen atoms in total. The van der Waals surface area contributed by atoms with E-state index in [1.54, 1.807) is 0 Å². The molecule has 0 amide bonds. The number of hydrogen-bond acceptors (Lipinski definition) is 5. The normalized spacial score (nSPS) is 20.1. The number of guanidine groups is 1. The zero-order valence-electron chi connectivity index (χ0n) is 18.0. The third-order valence-corrected chi connectivity index (χ3v) is 5.83. The van der Waals surface area contributed by atoms with Gasteiger partial charge < -0.3 is 20.7 Å². The molecule has 2 heterocycles. The van der Waals surface area contributed by atoms with Crippen LogP contribution in [0, 0.1) is 0 Å². The van der Waals surface area contributed by atoms with Gasteiger partial charge in [-0.3, -0.25) is 9.80 Å². The third kappa shape index (κ3) is 7.93. The molecule has 1 aromatic rings. The summed E-state index contributed by atoms with van der Waals surface area (Å²) in [5.74, 6) is 0.532. The molecular formula is C22H38N6O. The first kappa shape index (κ1) is 22.0. The van der Waals surface area contributed by atoms with Gasteiger partial charge >= 0.3 is 0 Å². The van der Waals surface area contributed by atoms with E-state index in [2.05, 4.69) is 56.2 Å². The Morgan fingerprint density at radius 3 is 2.31 bits per heavy atom. The minimum atomic E-state index is 0.532. The van der Waals surface area contributed by atoms with Crippen molar-refractivity contribution in [3.05, 3.63) is 35.4 Å².